The molecule has 0 saturated carbocycles. The molecular weight excluding hydrogens is 319 g/mol. The Morgan fingerprint density at radius 2 is 1.78 bits per heavy atom. The second kappa shape index (κ2) is 8.54. The van der Waals surface area contributed by atoms with Crippen molar-refractivity contribution in [3.63, 3.8) is 0 Å². The van der Waals surface area contributed by atoms with Gasteiger partial charge < -0.3 is 30.3 Å². The number of sulfone groups is 1. The van der Waals surface area contributed by atoms with Crippen LogP contribution in [0, 0.1) is 0 Å². The van der Waals surface area contributed by atoms with E-state index >= 15 is 0 Å². The first-order chi connectivity index (χ1) is 7.92. The molecule has 0 aliphatic rings. The van der Waals surface area contributed by atoms with Gasteiger partial charge in [-0.15, -0.1) is 0 Å². The zero-order chi connectivity index (χ0) is 12.9. The Hall–Kier alpha value is 0.386. The molecule has 1 amide bonds. The molecule has 1 aromatic carbocycles. The van der Waals surface area contributed by atoms with Crippen molar-refractivity contribution in [2.75, 3.05) is 5.75 Å². The van der Waals surface area contributed by atoms with Gasteiger partial charge in [0, 0.05) is 0 Å². The number of hydrazine groups is 1. The molecule has 1 aromatic rings. The number of carbonyl (C=O) groups is 1. The average Bonchev–Trinajstić information content (AvgIpc) is 2.27. The van der Waals surface area contributed by atoms with Gasteiger partial charge in [0.1, 0.15) is 5.75 Å². The van der Waals surface area contributed by atoms with E-state index in [0.29, 0.717) is 0 Å². The number of hydrogen-bond donors (Lipinski definition) is 2. The van der Waals surface area contributed by atoms with Crippen LogP contribution in [0.25, 0.3) is 0 Å². The van der Waals surface area contributed by atoms with E-state index in [1.54, 1.807) is 18.2 Å². The van der Waals surface area contributed by atoms with Crippen LogP contribution in [0.1, 0.15) is 0 Å². The third-order valence-electron chi connectivity index (χ3n) is 1.73. The molecule has 18 heavy (non-hydrogen) atoms. The van der Waals surface area contributed by atoms with Crippen molar-refractivity contribution in [2.45, 2.75) is 4.90 Å². The van der Waals surface area contributed by atoms with Crippen LogP contribution in [0.4, 0.5) is 0 Å². The molecule has 0 fully saturated rings. The molecular formula is C9H9KN2O3S3. The maximum atomic E-state index is 11.7. The first-order valence-corrected chi connectivity index (χ1v) is 6.92. The summed E-state index contributed by atoms with van der Waals surface area (Å²) in [6, 6.07) is 7.71. The largest absolute Gasteiger partial charge is 1.00 e. The molecule has 9 heteroatoms. The van der Waals surface area contributed by atoms with E-state index < -0.39 is 21.5 Å². The maximum Gasteiger partial charge on any atom is 1.00 e. The number of carbonyl (C=O) groups excluding carboxylic acids is 1. The third kappa shape index (κ3) is 6.52. The summed E-state index contributed by atoms with van der Waals surface area (Å²) in [7, 11) is -3.64. The van der Waals surface area contributed by atoms with Gasteiger partial charge in [0.2, 0.25) is 0 Å². The van der Waals surface area contributed by atoms with Crippen molar-refractivity contribution in [2.24, 2.45) is 0 Å². The van der Waals surface area contributed by atoms with Gasteiger partial charge in [-0.25, -0.2) is 8.42 Å². The first kappa shape index (κ1) is 18.4. The summed E-state index contributed by atoms with van der Waals surface area (Å²) in [5.41, 5.74) is 4.30. The van der Waals surface area contributed by atoms with Crippen molar-refractivity contribution in [1.82, 2.24) is 10.9 Å². The molecule has 0 bridgehead atoms. The minimum atomic E-state index is -3.64. The average molecular weight is 328 g/mol. The summed E-state index contributed by atoms with van der Waals surface area (Å²) in [6.07, 6.45) is 0. The monoisotopic (exact) mass is 328 g/mol. The molecule has 0 saturated heterocycles. The Bertz CT molecular complexity index is 519. The summed E-state index contributed by atoms with van der Waals surface area (Å²) >= 11 is 8.98. The van der Waals surface area contributed by atoms with E-state index in [9.17, 15) is 13.2 Å². The smallest absolute Gasteiger partial charge is 0.410 e. The van der Waals surface area contributed by atoms with E-state index in [0.717, 1.165) is 0 Å². The second-order valence-electron chi connectivity index (χ2n) is 3.03. The van der Waals surface area contributed by atoms with Crippen LogP contribution in [0.5, 0.6) is 0 Å². The van der Waals surface area contributed by atoms with E-state index in [2.05, 4.69) is 35.7 Å². The van der Waals surface area contributed by atoms with Gasteiger partial charge in [-0.05, 0) is 16.5 Å². The molecule has 0 aliphatic heterocycles. The summed E-state index contributed by atoms with van der Waals surface area (Å²) in [5.74, 6) is -1.39. The van der Waals surface area contributed by atoms with Gasteiger partial charge in [-0.3, -0.25) is 10.2 Å². The number of nitrogens with one attached hydrogen (secondary N) is 2. The van der Waals surface area contributed by atoms with Gasteiger partial charge >= 0.3 is 51.4 Å². The summed E-state index contributed by atoms with van der Waals surface area (Å²) < 4.78 is 23.4. The SMILES string of the molecule is O=C(CS(=O)(=O)c1ccccc1)NNC(=S)[S-].[K+]. The van der Waals surface area contributed by atoms with E-state index in [1.165, 1.54) is 12.1 Å². The number of amides is 1. The molecule has 0 heterocycles. The molecule has 0 atom stereocenters. The van der Waals surface area contributed by atoms with Gasteiger partial charge in [0.25, 0.3) is 5.91 Å². The number of rotatable bonds is 3. The Labute approximate surface area is 159 Å². The van der Waals surface area contributed by atoms with Crippen LogP contribution >= 0.6 is 12.2 Å². The van der Waals surface area contributed by atoms with Crippen molar-refractivity contribution in [1.29, 1.82) is 0 Å². The standard InChI is InChI=1S/C9H10N2O3S3.K/c12-8(10-11-9(15)16)6-17(13,14)7-4-2-1-3-5-7;/h1-5H,6H2,(H,10,12)(H2,11,15,16);/q;+1/p-1. The zero-order valence-electron chi connectivity index (χ0n) is 9.54. The van der Waals surface area contributed by atoms with Crippen molar-refractivity contribution >= 4 is 44.9 Å². The Morgan fingerprint density at radius 3 is 2.28 bits per heavy atom. The Balaban J connectivity index is 0.00000289. The van der Waals surface area contributed by atoms with Crippen molar-refractivity contribution < 1.29 is 64.6 Å². The number of thiocarbonyl (C=S) groups is 1. The molecule has 5 nitrogen and oxygen atoms in total. The fraction of sp³-hybridized carbons (Fsp3) is 0.111. The minimum Gasteiger partial charge on any atom is -0.410 e. The molecule has 0 aliphatic carbocycles. The fourth-order valence-corrected chi connectivity index (χ4v) is 2.30. The molecule has 2 N–H and O–H groups in total. The predicted octanol–water partition coefficient (Wildman–Crippen LogP) is -3.08. The van der Waals surface area contributed by atoms with Gasteiger partial charge in [0.15, 0.2) is 9.84 Å². The molecule has 92 valence electrons. The summed E-state index contributed by atoms with van der Waals surface area (Å²) in [5, 5.41) is 0. The topological polar surface area (TPSA) is 75.3 Å². The Morgan fingerprint density at radius 1 is 1.22 bits per heavy atom. The molecule has 0 spiro atoms. The molecule has 0 radical (unpaired) electrons. The van der Waals surface area contributed by atoms with Crippen molar-refractivity contribution in [3.8, 4) is 0 Å². The van der Waals surface area contributed by atoms with Gasteiger partial charge in [-0.2, -0.15) is 0 Å². The second-order valence-corrected chi connectivity index (χ2v) is 6.10. The minimum absolute atomic E-state index is 0. The summed E-state index contributed by atoms with van der Waals surface area (Å²) in [4.78, 5) is 11.4. The fourth-order valence-electron chi connectivity index (χ4n) is 1.04. The van der Waals surface area contributed by atoms with Gasteiger partial charge in [0.05, 0.1) is 4.90 Å². The quantitative estimate of drug-likeness (QED) is 0.265. The van der Waals surface area contributed by atoms with Crippen LogP contribution in [0.3, 0.4) is 0 Å². The first-order valence-electron chi connectivity index (χ1n) is 4.45. The van der Waals surface area contributed by atoms with Crippen LogP contribution in [0.2, 0.25) is 0 Å². The van der Waals surface area contributed by atoms with Crippen LogP contribution in [-0.4, -0.2) is 24.4 Å². The molecule has 0 unspecified atom stereocenters. The van der Waals surface area contributed by atoms with E-state index in [-0.39, 0.29) is 60.6 Å². The van der Waals surface area contributed by atoms with Crippen LogP contribution in [0.15, 0.2) is 35.2 Å². The zero-order valence-corrected chi connectivity index (χ0v) is 15.1. The van der Waals surface area contributed by atoms with Crippen LogP contribution in [-0.2, 0) is 27.3 Å². The van der Waals surface area contributed by atoms with E-state index in [1.807, 2.05) is 0 Å². The molecule has 0 aromatic heterocycles. The number of benzene rings is 1. The summed E-state index contributed by atoms with van der Waals surface area (Å²) in [6.45, 7) is 0. The van der Waals surface area contributed by atoms with E-state index in [4.69, 9.17) is 0 Å². The van der Waals surface area contributed by atoms with Crippen LogP contribution < -0.4 is 62.2 Å². The third-order valence-corrected chi connectivity index (χ3v) is 3.56. The normalized spacial score (nSPS) is 10.0. The maximum absolute atomic E-state index is 11.7. The van der Waals surface area contributed by atoms with Crippen molar-refractivity contribution in [3.05, 3.63) is 30.3 Å². The number of hydrogen-bond acceptors (Lipinski definition) is 5. The Kier molecular flexibility index (Phi) is 8.72. The predicted molar refractivity (Wildman–Crippen MR) is 69.7 cm³/mol. The molecule has 1 rings (SSSR count). The van der Waals surface area contributed by atoms with Gasteiger partial charge in [-0.1, -0.05) is 18.2 Å².